The maximum Gasteiger partial charge on any atom is 0.298 e. The van der Waals surface area contributed by atoms with Crippen molar-refractivity contribution < 1.29 is 19.2 Å². The number of benzene rings is 1. The molecule has 4 rings (SSSR count). The highest BCUT2D eigenvalue weighted by Crippen LogP contribution is 2.36. The number of fused-ring (bicyclic) bond motifs is 1. The Morgan fingerprint density at radius 3 is 2.71 bits per heavy atom. The van der Waals surface area contributed by atoms with Crippen molar-refractivity contribution in [2.75, 3.05) is 49.2 Å². The minimum Gasteiger partial charge on any atom is -0.423 e. The van der Waals surface area contributed by atoms with Crippen molar-refractivity contribution in [2.45, 2.75) is 12.5 Å². The van der Waals surface area contributed by atoms with Crippen molar-refractivity contribution in [3.05, 3.63) is 22.2 Å². The zero-order valence-electron chi connectivity index (χ0n) is 13.1. The highest BCUT2D eigenvalue weighted by Gasteiger charge is 2.28. The van der Waals surface area contributed by atoms with Crippen LogP contribution in [0.5, 0.6) is 0 Å². The third-order valence-electron chi connectivity index (χ3n) is 4.46. The Bertz CT molecular complexity index is 771. The number of ether oxygens (including phenoxy) is 1. The summed E-state index contributed by atoms with van der Waals surface area (Å²) in [6, 6.07) is 3.56. The second-order valence-corrected chi connectivity index (χ2v) is 6.05. The fraction of sp³-hybridized carbons (Fsp3) is 0.533. The Labute approximate surface area is 137 Å². The number of β-amino-alcohol motifs (C(OH)–C–C–N with tert-alkyl or cyclic N) is 1. The number of nitro benzene ring substituents is 1. The highest BCUT2D eigenvalue weighted by atomic mass is 16.6. The van der Waals surface area contributed by atoms with Crippen LogP contribution in [-0.2, 0) is 4.74 Å². The second-order valence-electron chi connectivity index (χ2n) is 6.05. The first-order valence-corrected chi connectivity index (χ1v) is 7.96. The summed E-state index contributed by atoms with van der Waals surface area (Å²) in [5, 5.41) is 21.2. The molecule has 128 valence electrons. The van der Waals surface area contributed by atoms with Crippen LogP contribution in [0.2, 0.25) is 0 Å². The van der Waals surface area contributed by atoms with E-state index < -0.39 is 11.0 Å². The van der Waals surface area contributed by atoms with Gasteiger partial charge in [0, 0.05) is 26.2 Å². The van der Waals surface area contributed by atoms with Gasteiger partial charge in [-0.15, -0.1) is 0 Å². The lowest BCUT2D eigenvalue weighted by atomic mass is 10.2. The predicted octanol–water partition coefficient (Wildman–Crippen LogP) is 1.14. The normalized spacial score (nSPS) is 21.6. The second kappa shape index (κ2) is 5.91. The van der Waals surface area contributed by atoms with Gasteiger partial charge in [-0.05, 0) is 12.5 Å². The van der Waals surface area contributed by atoms with Crippen LogP contribution >= 0.6 is 0 Å². The monoisotopic (exact) mass is 334 g/mol. The largest absolute Gasteiger partial charge is 0.423 e. The number of anilines is 2. The van der Waals surface area contributed by atoms with E-state index >= 15 is 0 Å². The number of morpholine rings is 1. The molecule has 2 saturated heterocycles. The van der Waals surface area contributed by atoms with Gasteiger partial charge in [0.25, 0.3) is 11.7 Å². The van der Waals surface area contributed by atoms with Crippen LogP contribution in [-0.4, -0.2) is 60.5 Å². The van der Waals surface area contributed by atoms with Crippen molar-refractivity contribution in [1.82, 2.24) is 4.98 Å². The van der Waals surface area contributed by atoms with Gasteiger partial charge in [-0.3, -0.25) is 10.1 Å². The fourth-order valence-corrected chi connectivity index (χ4v) is 3.19. The molecule has 2 aliphatic rings. The van der Waals surface area contributed by atoms with E-state index in [4.69, 9.17) is 9.15 Å². The summed E-state index contributed by atoms with van der Waals surface area (Å²) in [6.07, 6.45) is 0.147. The Hall–Kier alpha value is -2.39. The summed E-state index contributed by atoms with van der Waals surface area (Å²) in [4.78, 5) is 19.3. The van der Waals surface area contributed by atoms with Gasteiger partial charge in [-0.25, -0.2) is 0 Å². The maximum atomic E-state index is 11.4. The first-order chi connectivity index (χ1) is 11.6. The maximum absolute atomic E-state index is 11.4. The van der Waals surface area contributed by atoms with Crippen molar-refractivity contribution in [2.24, 2.45) is 0 Å². The van der Waals surface area contributed by atoms with E-state index in [1.54, 1.807) is 6.07 Å². The van der Waals surface area contributed by atoms with E-state index in [1.807, 2.05) is 9.80 Å². The number of hydrogen-bond acceptors (Lipinski definition) is 8. The number of aliphatic hydroxyl groups excluding tert-OH is 1. The van der Waals surface area contributed by atoms with Gasteiger partial charge in [0.15, 0.2) is 5.58 Å². The van der Waals surface area contributed by atoms with E-state index in [0.717, 1.165) is 0 Å². The number of nitro groups is 1. The third-order valence-corrected chi connectivity index (χ3v) is 4.46. The Morgan fingerprint density at radius 2 is 2.04 bits per heavy atom. The van der Waals surface area contributed by atoms with E-state index in [0.29, 0.717) is 68.6 Å². The Morgan fingerprint density at radius 1 is 1.25 bits per heavy atom. The fourth-order valence-electron chi connectivity index (χ4n) is 3.19. The zero-order chi connectivity index (χ0) is 16.7. The summed E-state index contributed by atoms with van der Waals surface area (Å²) < 4.78 is 11.0. The molecule has 2 aliphatic heterocycles. The number of aromatic nitrogens is 1. The van der Waals surface area contributed by atoms with E-state index in [2.05, 4.69) is 4.98 Å². The molecule has 2 aromatic rings. The van der Waals surface area contributed by atoms with Gasteiger partial charge in [0.1, 0.15) is 11.2 Å². The van der Waals surface area contributed by atoms with Crippen molar-refractivity contribution in [3.63, 3.8) is 0 Å². The van der Waals surface area contributed by atoms with Gasteiger partial charge in [-0.2, -0.15) is 4.98 Å². The SMILES string of the molecule is O=[N+]([O-])c1cc2oc(N3CCOCC3)nc2cc1N1CCC(O)C1. The van der Waals surface area contributed by atoms with Crippen LogP contribution in [0.15, 0.2) is 16.5 Å². The molecular formula is C15H18N4O5. The zero-order valence-corrected chi connectivity index (χ0v) is 13.1. The smallest absolute Gasteiger partial charge is 0.298 e. The topological polar surface area (TPSA) is 105 Å². The molecule has 0 spiro atoms. The predicted molar refractivity (Wildman–Crippen MR) is 86.5 cm³/mol. The average Bonchev–Trinajstić information content (AvgIpc) is 3.20. The van der Waals surface area contributed by atoms with Gasteiger partial charge >= 0.3 is 0 Å². The van der Waals surface area contributed by atoms with Crippen LogP contribution in [0.1, 0.15) is 6.42 Å². The van der Waals surface area contributed by atoms with Gasteiger partial charge in [0.2, 0.25) is 0 Å². The van der Waals surface area contributed by atoms with Gasteiger partial charge in [0.05, 0.1) is 30.3 Å². The molecule has 1 atom stereocenters. The minimum absolute atomic E-state index is 0.0266. The third kappa shape index (κ3) is 2.65. The molecule has 3 heterocycles. The number of hydrogen-bond donors (Lipinski definition) is 1. The quantitative estimate of drug-likeness (QED) is 0.658. The van der Waals surface area contributed by atoms with Crippen molar-refractivity contribution in [3.8, 4) is 0 Å². The summed E-state index contributed by atoms with van der Waals surface area (Å²) in [6.45, 7) is 3.55. The molecule has 0 saturated carbocycles. The molecule has 9 heteroatoms. The average molecular weight is 334 g/mol. The Kier molecular flexibility index (Phi) is 3.73. The first-order valence-electron chi connectivity index (χ1n) is 7.96. The van der Waals surface area contributed by atoms with Gasteiger partial charge < -0.3 is 24.1 Å². The molecule has 0 amide bonds. The molecule has 1 aromatic heterocycles. The molecular weight excluding hydrogens is 316 g/mol. The van der Waals surface area contributed by atoms with E-state index in [9.17, 15) is 15.2 Å². The van der Waals surface area contributed by atoms with Crippen molar-refractivity contribution >= 4 is 28.5 Å². The Balaban J connectivity index is 1.74. The molecule has 2 fully saturated rings. The van der Waals surface area contributed by atoms with Crippen LogP contribution < -0.4 is 9.80 Å². The number of oxazole rings is 1. The molecule has 1 aromatic carbocycles. The van der Waals surface area contributed by atoms with Gasteiger partial charge in [-0.1, -0.05) is 0 Å². The van der Waals surface area contributed by atoms with Crippen LogP contribution in [0, 0.1) is 10.1 Å². The molecule has 1 N–H and O–H groups in total. The van der Waals surface area contributed by atoms with Crippen LogP contribution in [0.4, 0.5) is 17.4 Å². The molecule has 0 radical (unpaired) electrons. The van der Waals surface area contributed by atoms with E-state index in [-0.39, 0.29) is 5.69 Å². The standard InChI is InChI=1S/C15H18N4O5/c20-10-1-2-18(9-10)12-7-11-14(8-13(12)19(21)22)24-15(16-11)17-3-5-23-6-4-17/h7-8,10,20H,1-6,9H2. The first kappa shape index (κ1) is 15.2. The lowest BCUT2D eigenvalue weighted by Gasteiger charge is -2.24. The molecule has 9 nitrogen and oxygen atoms in total. The summed E-state index contributed by atoms with van der Waals surface area (Å²) in [5.41, 5.74) is 1.43. The lowest BCUT2D eigenvalue weighted by molar-refractivity contribution is -0.384. The molecule has 1 unspecified atom stereocenters. The summed E-state index contributed by atoms with van der Waals surface area (Å²) in [5.74, 6) is 0. The van der Waals surface area contributed by atoms with Crippen LogP contribution in [0.3, 0.4) is 0 Å². The molecule has 0 aliphatic carbocycles. The minimum atomic E-state index is -0.457. The highest BCUT2D eigenvalue weighted by molar-refractivity contribution is 5.85. The van der Waals surface area contributed by atoms with E-state index in [1.165, 1.54) is 6.07 Å². The number of nitrogens with zero attached hydrogens (tertiary/aromatic N) is 4. The summed E-state index contributed by atoms with van der Waals surface area (Å²) >= 11 is 0. The number of aliphatic hydroxyl groups is 1. The van der Waals surface area contributed by atoms with Crippen molar-refractivity contribution in [1.29, 1.82) is 0 Å². The molecule has 0 bridgehead atoms. The molecule has 24 heavy (non-hydrogen) atoms. The lowest BCUT2D eigenvalue weighted by Crippen LogP contribution is -2.36. The number of rotatable bonds is 3. The summed E-state index contributed by atoms with van der Waals surface area (Å²) in [7, 11) is 0. The van der Waals surface area contributed by atoms with Crippen LogP contribution in [0.25, 0.3) is 11.1 Å².